The molecule has 0 spiro atoms. The summed E-state index contributed by atoms with van der Waals surface area (Å²) in [7, 11) is 0. The van der Waals surface area contributed by atoms with Crippen LogP contribution in [0.5, 0.6) is 0 Å². The van der Waals surface area contributed by atoms with Gasteiger partial charge in [-0.05, 0) is 25.5 Å². The van der Waals surface area contributed by atoms with Gasteiger partial charge in [0, 0.05) is 26.7 Å². The van der Waals surface area contributed by atoms with Gasteiger partial charge in [0.05, 0.1) is 16.7 Å². The first-order chi connectivity index (χ1) is 12.5. The highest BCUT2D eigenvalue weighted by atomic mass is 32.2. The predicted molar refractivity (Wildman–Crippen MR) is 99.8 cm³/mol. The van der Waals surface area contributed by atoms with Crippen molar-refractivity contribution in [3.63, 3.8) is 0 Å². The Hall–Kier alpha value is -2.39. The molecule has 0 aliphatic carbocycles. The zero-order valence-corrected chi connectivity index (χ0v) is 15.6. The summed E-state index contributed by atoms with van der Waals surface area (Å²) in [5, 5.41) is 0.999. The van der Waals surface area contributed by atoms with Crippen molar-refractivity contribution in [3.8, 4) is 0 Å². The van der Waals surface area contributed by atoms with Crippen molar-refractivity contribution in [1.29, 1.82) is 0 Å². The van der Waals surface area contributed by atoms with Crippen LogP contribution in [0.1, 0.15) is 20.3 Å². The lowest BCUT2D eigenvalue weighted by atomic mass is 10.2. The number of ether oxygens (including phenoxy) is 1. The molecular weight excluding hydrogens is 356 g/mol. The Morgan fingerprint density at radius 2 is 2.04 bits per heavy atom. The van der Waals surface area contributed by atoms with Crippen molar-refractivity contribution in [2.24, 2.45) is 0 Å². The summed E-state index contributed by atoms with van der Waals surface area (Å²) in [5.74, 6) is -0.718. The molecule has 0 radical (unpaired) electrons. The van der Waals surface area contributed by atoms with E-state index in [-0.39, 0.29) is 23.1 Å². The van der Waals surface area contributed by atoms with E-state index in [1.807, 2.05) is 13.0 Å². The van der Waals surface area contributed by atoms with Crippen LogP contribution in [0.2, 0.25) is 0 Å². The maximum atomic E-state index is 12.8. The normalized spacial score (nSPS) is 10.7. The summed E-state index contributed by atoms with van der Waals surface area (Å²) in [5.41, 5.74) is 4.96. The molecule has 2 amide bonds. The molecule has 2 aromatic rings. The van der Waals surface area contributed by atoms with Gasteiger partial charge in [-0.2, -0.15) is 0 Å². The molecule has 8 nitrogen and oxygen atoms in total. The monoisotopic (exact) mass is 378 g/mol. The van der Waals surface area contributed by atoms with E-state index in [4.69, 9.17) is 4.74 Å². The summed E-state index contributed by atoms with van der Waals surface area (Å²) < 4.78 is 6.90. The maximum absolute atomic E-state index is 12.8. The standard InChI is InChI=1S/C17H22N4O4S/c1-3-25-10-6-9-21-16(24)13-7-4-5-8-14(13)18-17(21)26-11-15(23)20-19-12(2)22/h4-5,7-8H,3,6,9-11H2,1-2H3,(H,19,22)(H,20,23). The van der Waals surface area contributed by atoms with E-state index in [1.54, 1.807) is 22.8 Å². The molecule has 0 saturated heterocycles. The van der Waals surface area contributed by atoms with Crippen LogP contribution in [-0.2, 0) is 20.9 Å². The average Bonchev–Trinajstić information content (AvgIpc) is 2.63. The number of hydrogen-bond acceptors (Lipinski definition) is 6. The van der Waals surface area contributed by atoms with Crippen LogP contribution < -0.4 is 16.4 Å². The molecule has 0 aliphatic rings. The van der Waals surface area contributed by atoms with Gasteiger partial charge in [-0.15, -0.1) is 0 Å². The summed E-state index contributed by atoms with van der Waals surface area (Å²) in [6, 6.07) is 7.11. The van der Waals surface area contributed by atoms with Crippen LogP contribution in [0.25, 0.3) is 10.9 Å². The Kier molecular flexibility index (Phi) is 7.61. The molecule has 2 rings (SSSR count). The Labute approximate surface area is 155 Å². The number of carbonyl (C=O) groups is 2. The minimum Gasteiger partial charge on any atom is -0.382 e. The van der Waals surface area contributed by atoms with Gasteiger partial charge in [0.2, 0.25) is 11.8 Å². The highest BCUT2D eigenvalue weighted by Gasteiger charge is 2.13. The first-order valence-corrected chi connectivity index (χ1v) is 9.27. The van der Waals surface area contributed by atoms with Crippen molar-refractivity contribution in [3.05, 3.63) is 34.6 Å². The molecule has 0 saturated carbocycles. The van der Waals surface area contributed by atoms with Gasteiger partial charge < -0.3 is 4.74 Å². The van der Waals surface area contributed by atoms with Crippen LogP contribution >= 0.6 is 11.8 Å². The van der Waals surface area contributed by atoms with Crippen LogP contribution in [0.4, 0.5) is 0 Å². The van der Waals surface area contributed by atoms with Crippen molar-refractivity contribution in [1.82, 2.24) is 20.4 Å². The number of nitrogens with one attached hydrogen (secondary N) is 2. The number of para-hydroxylation sites is 1. The smallest absolute Gasteiger partial charge is 0.262 e. The first-order valence-electron chi connectivity index (χ1n) is 8.28. The van der Waals surface area contributed by atoms with E-state index in [0.717, 1.165) is 11.8 Å². The van der Waals surface area contributed by atoms with E-state index in [1.165, 1.54) is 6.92 Å². The van der Waals surface area contributed by atoms with Crippen LogP contribution in [0.3, 0.4) is 0 Å². The summed E-state index contributed by atoms with van der Waals surface area (Å²) in [6.45, 7) is 4.83. The van der Waals surface area contributed by atoms with Gasteiger partial charge in [0.1, 0.15) is 0 Å². The van der Waals surface area contributed by atoms with Crippen molar-refractivity contribution in [2.75, 3.05) is 19.0 Å². The molecule has 0 fully saturated rings. The number of rotatable bonds is 8. The lowest BCUT2D eigenvalue weighted by Gasteiger charge is -2.13. The Balaban J connectivity index is 2.20. The lowest BCUT2D eigenvalue weighted by Crippen LogP contribution is -2.41. The molecule has 1 aromatic carbocycles. The third kappa shape index (κ3) is 5.57. The number of aromatic nitrogens is 2. The van der Waals surface area contributed by atoms with Gasteiger partial charge in [-0.1, -0.05) is 23.9 Å². The van der Waals surface area contributed by atoms with Gasteiger partial charge >= 0.3 is 0 Å². The van der Waals surface area contributed by atoms with Gasteiger partial charge in [0.25, 0.3) is 5.56 Å². The van der Waals surface area contributed by atoms with Crippen molar-refractivity contribution in [2.45, 2.75) is 32.0 Å². The van der Waals surface area contributed by atoms with E-state index in [0.29, 0.717) is 42.2 Å². The summed E-state index contributed by atoms with van der Waals surface area (Å²) >= 11 is 1.15. The summed E-state index contributed by atoms with van der Waals surface area (Å²) in [6.07, 6.45) is 0.666. The molecular formula is C17H22N4O4S. The molecule has 2 N–H and O–H groups in total. The van der Waals surface area contributed by atoms with Gasteiger partial charge in [0.15, 0.2) is 5.16 Å². The van der Waals surface area contributed by atoms with E-state index in [2.05, 4.69) is 15.8 Å². The second-order valence-electron chi connectivity index (χ2n) is 5.44. The fraction of sp³-hybridized carbons (Fsp3) is 0.412. The molecule has 1 heterocycles. The highest BCUT2D eigenvalue weighted by Crippen LogP contribution is 2.18. The number of fused-ring (bicyclic) bond motifs is 1. The number of hydrazine groups is 1. The third-order valence-electron chi connectivity index (χ3n) is 3.41. The van der Waals surface area contributed by atoms with Gasteiger partial charge in [-0.25, -0.2) is 4.98 Å². The molecule has 0 aliphatic heterocycles. The topological polar surface area (TPSA) is 102 Å². The predicted octanol–water partition coefficient (Wildman–Crippen LogP) is 1.08. The molecule has 1 aromatic heterocycles. The van der Waals surface area contributed by atoms with Gasteiger partial charge in [-0.3, -0.25) is 29.8 Å². The third-order valence-corrected chi connectivity index (χ3v) is 4.39. The molecule has 140 valence electrons. The van der Waals surface area contributed by atoms with Crippen molar-refractivity contribution >= 4 is 34.5 Å². The number of nitrogens with zero attached hydrogens (tertiary/aromatic N) is 2. The Morgan fingerprint density at radius 3 is 2.77 bits per heavy atom. The molecule has 0 atom stereocenters. The van der Waals surface area contributed by atoms with E-state index < -0.39 is 0 Å². The Bertz CT molecular complexity index is 837. The second-order valence-corrected chi connectivity index (χ2v) is 6.38. The van der Waals surface area contributed by atoms with Crippen LogP contribution in [0, 0.1) is 0 Å². The van der Waals surface area contributed by atoms with Crippen LogP contribution in [-0.4, -0.2) is 40.3 Å². The SMILES string of the molecule is CCOCCCn1c(SCC(=O)NNC(C)=O)nc2ccccc2c1=O. The largest absolute Gasteiger partial charge is 0.382 e. The molecule has 0 bridgehead atoms. The maximum Gasteiger partial charge on any atom is 0.262 e. The molecule has 0 unspecified atom stereocenters. The number of benzene rings is 1. The molecule has 26 heavy (non-hydrogen) atoms. The van der Waals surface area contributed by atoms with Crippen LogP contribution in [0.15, 0.2) is 34.2 Å². The van der Waals surface area contributed by atoms with E-state index in [9.17, 15) is 14.4 Å². The number of amides is 2. The minimum absolute atomic E-state index is 0.0243. The fourth-order valence-electron chi connectivity index (χ4n) is 2.25. The van der Waals surface area contributed by atoms with Crippen molar-refractivity contribution < 1.29 is 14.3 Å². The lowest BCUT2D eigenvalue weighted by molar-refractivity contribution is -0.126. The first kappa shape index (κ1) is 19.9. The second kappa shape index (κ2) is 9.93. The molecule has 9 heteroatoms. The number of hydrogen-bond donors (Lipinski definition) is 2. The fourth-order valence-corrected chi connectivity index (χ4v) is 3.07. The average molecular weight is 378 g/mol. The summed E-state index contributed by atoms with van der Waals surface area (Å²) in [4.78, 5) is 39.9. The zero-order chi connectivity index (χ0) is 18.9. The number of carbonyl (C=O) groups excluding carboxylic acids is 2. The zero-order valence-electron chi connectivity index (χ0n) is 14.8. The Morgan fingerprint density at radius 1 is 1.27 bits per heavy atom. The minimum atomic E-state index is -0.381. The quantitative estimate of drug-likeness (QED) is 0.308. The number of thioether (sulfide) groups is 1. The highest BCUT2D eigenvalue weighted by molar-refractivity contribution is 7.99. The van der Waals surface area contributed by atoms with E-state index >= 15 is 0 Å².